The van der Waals surface area contributed by atoms with Crippen molar-refractivity contribution >= 4 is 11.9 Å². The van der Waals surface area contributed by atoms with Crippen LogP contribution >= 0.6 is 0 Å². The largest absolute Gasteiger partial charge is 0.493 e. The Morgan fingerprint density at radius 2 is 1.62 bits per heavy atom. The quantitative estimate of drug-likeness (QED) is 0.818. The molecule has 0 unspecified atom stereocenters. The van der Waals surface area contributed by atoms with Gasteiger partial charge in [0.25, 0.3) is 0 Å². The summed E-state index contributed by atoms with van der Waals surface area (Å²) in [6, 6.07) is 3.57. The zero-order chi connectivity index (χ0) is 16.4. The number of hydrogen-bond donors (Lipinski definition) is 1. The second-order valence-electron chi connectivity index (χ2n) is 3.79. The van der Waals surface area contributed by atoms with Crippen molar-refractivity contribution in [3.05, 3.63) is 23.4 Å². The molecule has 0 aliphatic carbocycles. The van der Waals surface area contributed by atoms with Gasteiger partial charge in [-0.05, 0) is 18.2 Å². The van der Waals surface area contributed by atoms with Crippen molar-refractivity contribution in [2.75, 3.05) is 28.4 Å². The van der Waals surface area contributed by atoms with Crippen LogP contribution < -0.4 is 19.5 Å². The lowest BCUT2D eigenvalue weighted by atomic mass is 10.1. The summed E-state index contributed by atoms with van der Waals surface area (Å²) in [5.74, 6) is 1.54. The standard InChI is InChI=1S/C14H19NO4.C2H6/c1-9(16)11(15-2)8-10-6-7-12(17-3)14(19-5)13(10)18-4;1-2/h6-8,15H,1-5H3;1-2H3/b11-8-;. The molecule has 0 bridgehead atoms. The van der Waals surface area contributed by atoms with E-state index in [0.717, 1.165) is 5.56 Å². The predicted octanol–water partition coefficient (Wildman–Crippen LogP) is 2.89. The van der Waals surface area contributed by atoms with Crippen molar-refractivity contribution in [1.82, 2.24) is 5.32 Å². The van der Waals surface area contributed by atoms with Crippen LogP contribution in [0.5, 0.6) is 17.2 Å². The highest BCUT2D eigenvalue weighted by atomic mass is 16.5. The van der Waals surface area contributed by atoms with Crippen molar-refractivity contribution in [1.29, 1.82) is 0 Å². The van der Waals surface area contributed by atoms with E-state index in [2.05, 4.69) is 5.32 Å². The first-order valence-electron chi connectivity index (χ1n) is 6.78. The number of likely N-dealkylation sites (N-methyl/N-ethyl adjacent to an activating group) is 1. The second kappa shape index (κ2) is 9.69. The van der Waals surface area contributed by atoms with Crippen LogP contribution in [-0.4, -0.2) is 34.2 Å². The summed E-state index contributed by atoms with van der Waals surface area (Å²) in [5.41, 5.74) is 1.23. The Hall–Kier alpha value is -2.17. The maximum atomic E-state index is 11.4. The molecule has 1 aromatic rings. The van der Waals surface area contributed by atoms with Crippen LogP contribution in [0.4, 0.5) is 0 Å². The molecule has 21 heavy (non-hydrogen) atoms. The van der Waals surface area contributed by atoms with Gasteiger partial charge in [-0.2, -0.15) is 0 Å². The molecule has 0 heterocycles. The molecule has 0 aromatic heterocycles. The molecular formula is C16H25NO4. The summed E-state index contributed by atoms with van der Waals surface area (Å²) in [5, 5.41) is 2.85. The summed E-state index contributed by atoms with van der Waals surface area (Å²) in [4.78, 5) is 11.4. The Labute approximate surface area is 126 Å². The molecule has 5 nitrogen and oxygen atoms in total. The van der Waals surface area contributed by atoms with Gasteiger partial charge in [0.15, 0.2) is 17.3 Å². The van der Waals surface area contributed by atoms with Crippen LogP contribution in [0, 0.1) is 0 Å². The number of rotatable bonds is 6. The first-order chi connectivity index (χ1) is 10.1. The van der Waals surface area contributed by atoms with E-state index in [1.807, 2.05) is 13.8 Å². The predicted molar refractivity (Wildman–Crippen MR) is 85.2 cm³/mol. The smallest absolute Gasteiger partial charge is 0.203 e. The van der Waals surface area contributed by atoms with E-state index >= 15 is 0 Å². The second-order valence-corrected chi connectivity index (χ2v) is 3.79. The SMILES string of the molecule is CC.CN/C(=C\c1ccc(OC)c(OC)c1OC)C(C)=O. The zero-order valence-corrected chi connectivity index (χ0v) is 13.9. The van der Waals surface area contributed by atoms with Crippen LogP contribution in [0.2, 0.25) is 0 Å². The number of carbonyl (C=O) groups excluding carboxylic acids is 1. The lowest BCUT2D eigenvalue weighted by molar-refractivity contribution is -0.113. The summed E-state index contributed by atoms with van der Waals surface area (Å²) in [6.45, 7) is 5.50. The molecular weight excluding hydrogens is 270 g/mol. The van der Waals surface area contributed by atoms with Crippen LogP contribution in [0.1, 0.15) is 26.3 Å². The number of ketones is 1. The summed E-state index contributed by atoms with van der Waals surface area (Å²) in [7, 11) is 6.33. The van der Waals surface area contributed by atoms with Crippen LogP contribution in [0.3, 0.4) is 0 Å². The minimum atomic E-state index is -0.0562. The Bertz CT molecular complexity index is 495. The normalized spacial score (nSPS) is 10.1. The first kappa shape index (κ1) is 18.8. The number of nitrogens with one attached hydrogen (secondary N) is 1. The number of hydrogen-bond acceptors (Lipinski definition) is 5. The van der Waals surface area contributed by atoms with E-state index in [9.17, 15) is 4.79 Å². The first-order valence-corrected chi connectivity index (χ1v) is 6.78. The van der Waals surface area contributed by atoms with Crippen molar-refractivity contribution < 1.29 is 19.0 Å². The molecule has 1 aromatic carbocycles. The fourth-order valence-corrected chi connectivity index (χ4v) is 1.74. The summed E-state index contributed by atoms with van der Waals surface area (Å²) < 4.78 is 15.8. The summed E-state index contributed by atoms with van der Waals surface area (Å²) in [6.07, 6.45) is 1.71. The number of ether oxygens (including phenoxy) is 3. The lowest BCUT2D eigenvalue weighted by Gasteiger charge is -2.14. The molecule has 1 rings (SSSR count). The van der Waals surface area contributed by atoms with Gasteiger partial charge in [-0.25, -0.2) is 0 Å². The molecule has 5 heteroatoms. The minimum Gasteiger partial charge on any atom is -0.493 e. The van der Waals surface area contributed by atoms with Crippen molar-refractivity contribution in [2.45, 2.75) is 20.8 Å². The molecule has 118 valence electrons. The topological polar surface area (TPSA) is 56.8 Å². The van der Waals surface area contributed by atoms with Gasteiger partial charge < -0.3 is 19.5 Å². The van der Waals surface area contributed by atoms with Crippen molar-refractivity contribution in [3.63, 3.8) is 0 Å². The highest BCUT2D eigenvalue weighted by Crippen LogP contribution is 2.40. The number of benzene rings is 1. The van der Waals surface area contributed by atoms with E-state index < -0.39 is 0 Å². The van der Waals surface area contributed by atoms with E-state index in [-0.39, 0.29) is 5.78 Å². The maximum Gasteiger partial charge on any atom is 0.203 e. The van der Waals surface area contributed by atoms with Gasteiger partial charge in [0, 0.05) is 19.5 Å². The van der Waals surface area contributed by atoms with Crippen LogP contribution in [-0.2, 0) is 4.79 Å². The molecule has 0 saturated carbocycles. The highest BCUT2D eigenvalue weighted by Gasteiger charge is 2.15. The third-order valence-corrected chi connectivity index (χ3v) is 2.68. The Morgan fingerprint density at radius 1 is 1.05 bits per heavy atom. The Balaban J connectivity index is 0.00000191. The fraction of sp³-hybridized carbons (Fsp3) is 0.438. The maximum absolute atomic E-state index is 11.4. The third kappa shape index (κ3) is 4.70. The minimum absolute atomic E-state index is 0.0562. The van der Waals surface area contributed by atoms with Gasteiger partial charge in [-0.1, -0.05) is 13.8 Å². The van der Waals surface area contributed by atoms with Gasteiger partial charge >= 0.3 is 0 Å². The molecule has 0 atom stereocenters. The van der Waals surface area contributed by atoms with Gasteiger partial charge in [0.2, 0.25) is 5.75 Å². The van der Waals surface area contributed by atoms with Gasteiger partial charge in [-0.3, -0.25) is 4.79 Å². The van der Waals surface area contributed by atoms with E-state index in [4.69, 9.17) is 14.2 Å². The van der Waals surface area contributed by atoms with Gasteiger partial charge in [-0.15, -0.1) is 0 Å². The summed E-state index contributed by atoms with van der Waals surface area (Å²) >= 11 is 0. The number of allylic oxidation sites excluding steroid dienone is 1. The lowest BCUT2D eigenvalue weighted by Crippen LogP contribution is -2.13. The molecule has 1 N–H and O–H groups in total. The van der Waals surface area contributed by atoms with Crippen molar-refractivity contribution in [2.24, 2.45) is 0 Å². The zero-order valence-electron chi connectivity index (χ0n) is 13.9. The number of Topliss-reactive ketones (excluding diaryl/α,β-unsaturated/α-hetero) is 1. The average molecular weight is 295 g/mol. The van der Waals surface area contributed by atoms with Crippen LogP contribution in [0.15, 0.2) is 17.8 Å². The molecule has 0 aliphatic rings. The Kier molecular flexibility index (Phi) is 8.69. The molecule has 0 spiro atoms. The van der Waals surface area contributed by atoms with Gasteiger partial charge in [0.05, 0.1) is 27.0 Å². The average Bonchev–Trinajstić information content (AvgIpc) is 2.52. The molecule has 0 fully saturated rings. The third-order valence-electron chi connectivity index (χ3n) is 2.68. The highest BCUT2D eigenvalue weighted by molar-refractivity contribution is 5.97. The van der Waals surface area contributed by atoms with Crippen LogP contribution in [0.25, 0.3) is 6.08 Å². The molecule has 0 radical (unpaired) electrons. The van der Waals surface area contributed by atoms with Crippen molar-refractivity contribution in [3.8, 4) is 17.2 Å². The monoisotopic (exact) mass is 295 g/mol. The molecule has 0 aliphatic heterocycles. The van der Waals surface area contributed by atoms with E-state index in [0.29, 0.717) is 22.9 Å². The Morgan fingerprint density at radius 3 is 2.00 bits per heavy atom. The number of carbonyl (C=O) groups is 1. The van der Waals surface area contributed by atoms with E-state index in [1.54, 1.807) is 39.5 Å². The molecule has 0 amide bonds. The van der Waals surface area contributed by atoms with Gasteiger partial charge in [0.1, 0.15) is 0 Å². The molecule has 0 saturated heterocycles. The van der Waals surface area contributed by atoms with E-state index in [1.165, 1.54) is 14.0 Å². The fourth-order valence-electron chi connectivity index (χ4n) is 1.74. The number of methoxy groups -OCH3 is 3.